The van der Waals surface area contributed by atoms with Gasteiger partial charge < -0.3 is 10.2 Å². The fraction of sp³-hybridized carbons (Fsp3) is 0.500. The summed E-state index contributed by atoms with van der Waals surface area (Å²) in [6.45, 7) is 16.1. The van der Waals surface area contributed by atoms with Crippen LogP contribution in [0.3, 0.4) is 0 Å². The number of ketones is 5. The van der Waals surface area contributed by atoms with Crippen molar-refractivity contribution in [1.82, 2.24) is 0 Å². The molecule has 3 aliphatic carbocycles. The van der Waals surface area contributed by atoms with Crippen LogP contribution in [0.2, 0.25) is 0 Å². The third-order valence-corrected chi connectivity index (χ3v) is 11.2. The van der Waals surface area contributed by atoms with E-state index in [4.69, 9.17) is 0 Å². The number of hydrogen-bond acceptors (Lipinski definition) is 7. The van der Waals surface area contributed by atoms with Gasteiger partial charge in [0.15, 0.2) is 28.7 Å². The van der Waals surface area contributed by atoms with Crippen molar-refractivity contribution < 1.29 is 34.2 Å². The SMILES string of the molecule is C=CCC(C)c1ccc(CC)c(-c2ccc(O)c3c2C[C@]2(C)C[C@]4(C)C(C(C)C)C(=O)C(C(C)=O)C(=O)[C@]4(O)C(=O)C2C3=O)c1. The van der Waals surface area contributed by atoms with Crippen LogP contribution in [0.4, 0.5) is 0 Å². The summed E-state index contributed by atoms with van der Waals surface area (Å²) in [5.74, 6) is -8.71. The van der Waals surface area contributed by atoms with Crippen LogP contribution in [-0.2, 0) is 32.0 Å². The van der Waals surface area contributed by atoms with Crippen molar-refractivity contribution >= 4 is 28.9 Å². The van der Waals surface area contributed by atoms with E-state index >= 15 is 0 Å². The highest BCUT2D eigenvalue weighted by atomic mass is 16.3. The van der Waals surface area contributed by atoms with E-state index in [0.717, 1.165) is 42.0 Å². The number of aryl methyl sites for hydroxylation is 1. The second-order valence-corrected chi connectivity index (χ2v) is 14.5. The Labute approximate surface area is 265 Å². The maximum atomic E-state index is 14.5. The maximum Gasteiger partial charge on any atom is 0.190 e. The summed E-state index contributed by atoms with van der Waals surface area (Å²) in [5, 5.41) is 23.3. The summed E-state index contributed by atoms with van der Waals surface area (Å²) in [7, 11) is 0. The van der Waals surface area contributed by atoms with E-state index in [1.165, 1.54) is 6.07 Å². The van der Waals surface area contributed by atoms with Crippen LogP contribution < -0.4 is 0 Å². The fourth-order valence-corrected chi connectivity index (χ4v) is 9.23. The first kappa shape index (κ1) is 32.7. The molecule has 45 heavy (non-hydrogen) atoms. The molecule has 2 aromatic carbocycles. The molecule has 0 aromatic heterocycles. The van der Waals surface area contributed by atoms with Crippen LogP contribution in [0.1, 0.15) is 94.3 Å². The molecule has 0 spiro atoms. The van der Waals surface area contributed by atoms with Gasteiger partial charge in [0.1, 0.15) is 17.5 Å². The summed E-state index contributed by atoms with van der Waals surface area (Å²) < 4.78 is 0. The summed E-state index contributed by atoms with van der Waals surface area (Å²) in [6, 6.07) is 9.59. The Morgan fingerprint density at radius 3 is 2.29 bits per heavy atom. The smallest absolute Gasteiger partial charge is 0.190 e. The van der Waals surface area contributed by atoms with E-state index in [0.29, 0.717) is 5.56 Å². The molecular weight excluding hydrogens is 568 g/mol. The third-order valence-electron chi connectivity index (χ3n) is 11.2. The summed E-state index contributed by atoms with van der Waals surface area (Å²) in [5.41, 5.74) is -0.807. The lowest BCUT2D eigenvalue weighted by Gasteiger charge is -2.61. The van der Waals surface area contributed by atoms with Crippen molar-refractivity contribution in [3.8, 4) is 16.9 Å². The number of hydrogen-bond donors (Lipinski definition) is 2. The molecule has 0 amide bonds. The highest BCUT2D eigenvalue weighted by Crippen LogP contribution is 2.64. The van der Waals surface area contributed by atoms with Gasteiger partial charge in [0.05, 0.1) is 11.5 Å². The zero-order valence-corrected chi connectivity index (χ0v) is 27.3. The van der Waals surface area contributed by atoms with Crippen LogP contribution >= 0.6 is 0 Å². The number of aliphatic hydroxyl groups is 1. The van der Waals surface area contributed by atoms with E-state index in [2.05, 4.69) is 38.6 Å². The van der Waals surface area contributed by atoms with E-state index in [1.54, 1.807) is 20.8 Å². The van der Waals surface area contributed by atoms with Crippen molar-refractivity contribution in [1.29, 1.82) is 0 Å². The Kier molecular flexibility index (Phi) is 7.97. The Morgan fingerprint density at radius 1 is 1.04 bits per heavy atom. The average molecular weight is 613 g/mol. The Hall–Kier alpha value is -3.71. The van der Waals surface area contributed by atoms with Crippen molar-refractivity contribution in [3.63, 3.8) is 0 Å². The number of rotatable bonds is 7. The van der Waals surface area contributed by atoms with Gasteiger partial charge >= 0.3 is 0 Å². The molecule has 0 saturated heterocycles. The predicted molar refractivity (Wildman–Crippen MR) is 171 cm³/mol. The lowest BCUT2D eigenvalue weighted by atomic mass is 9.40. The molecule has 7 nitrogen and oxygen atoms in total. The largest absolute Gasteiger partial charge is 0.507 e. The zero-order chi connectivity index (χ0) is 33.4. The van der Waals surface area contributed by atoms with E-state index in [1.807, 2.05) is 19.1 Å². The van der Waals surface area contributed by atoms with Crippen molar-refractivity contribution in [2.24, 2.45) is 34.5 Å². The van der Waals surface area contributed by atoms with Gasteiger partial charge in [-0.25, -0.2) is 0 Å². The second-order valence-electron chi connectivity index (χ2n) is 14.5. The first-order valence-electron chi connectivity index (χ1n) is 16.0. The lowest BCUT2D eigenvalue weighted by molar-refractivity contribution is -0.205. The van der Waals surface area contributed by atoms with Crippen LogP contribution in [0.5, 0.6) is 5.75 Å². The molecule has 2 aromatic rings. The number of carbonyl (C=O) groups excluding carboxylic acids is 5. The molecule has 0 aliphatic heterocycles. The van der Waals surface area contributed by atoms with Crippen LogP contribution in [0.25, 0.3) is 11.1 Å². The number of allylic oxidation sites excluding steroid dienone is 1. The minimum atomic E-state index is -2.71. The molecule has 2 N–H and O–H groups in total. The van der Waals surface area contributed by atoms with Gasteiger partial charge in [-0.1, -0.05) is 71.9 Å². The molecule has 0 bridgehead atoms. The van der Waals surface area contributed by atoms with E-state index < -0.39 is 69.0 Å². The second kappa shape index (κ2) is 11.0. The van der Waals surface area contributed by atoms with Gasteiger partial charge in [-0.3, -0.25) is 24.0 Å². The Balaban J connectivity index is 1.74. The number of phenols is 1. The molecule has 0 heterocycles. The first-order chi connectivity index (χ1) is 21.0. The van der Waals surface area contributed by atoms with Gasteiger partial charge in [0.25, 0.3) is 0 Å². The molecule has 3 aliphatic rings. The predicted octanol–water partition coefficient (Wildman–Crippen LogP) is 6.00. The van der Waals surface area contributed by atoms with Crippen molar-refractivity contribution in [2.75, 3.05) is 0 Å². The molecule has 7 atom stereocenters. The topological polar surface area (TPSA) is 126 Å². The molecule has 2 fully saturated rings. The fourth-order valence-electron chi connectivity index (χ4n) is 9.23. The van der Waals surface area contributed by atoms with Crippen molar-refractivity contribution in [2.45, 2.75) is 85.7 Å². The van der Waals surface area contributed by atoms with Gasteiger partial charge in [0, 0.05) is 11.3 Å². The highest BCUT2D eigenvalue weighted by molar-refractivity contribution is 6.32. The van der Waals surface area contributed by atoms with Crippen LogP contribution in [-0.4, -0.2) is 44.7 Å². The van der Waals surface area contributed by atoms with Gasteiger partial charge in [-0.2, -0.15) is 0 Å². The monoisotopic (exact) mass is 612 g/mol. The zero-order valence-electron chi connectivity index (χ0n) is 27.3. The summed E-state index contributed by atoms with van der Waals surface area (Å²) in [6.07, 6.45) is 3.63. The maximum absolute atomic E-state index is 14.5. The van der Waals surface area contributed by atoms with Crippen LogP contribution in [0.15, 0.2) is 43.0 Å². The molecule has 238 valence electrons. The third kappa shape index (κ3) is 4.44. The van der Waals surface area contributed by atoms with Gasteiger partial charge in [-0.15, -0.1) is 6.58 Å². The lowest BCUT2D eigenvalue weighted by Crippen LogP contribution is -2.76. The molecule has 2 saturated carbocycles. The molecule has 4 unspecified atom stereocenters. The minimum Gasteiger partial charge on any atom is -0.507 e. The number of aromatic hydroxyl groups is 1. The number of carbonyl (C=O) groups is 5. The quantitative estimate of drug-likeness (QED) is 0.290. The van der Waals surface area contributed by atoms with E-state index in [9.17, 15) is 34.2 Å². The number of Topliss-reactive ketones (excluding diaryl/α,β-unsaturated/α-hetero) is 5. The number of fused-ring (bicyclic) bond motifs is 3. The van der Waals surface area contributed by atoms with Gasteiger partial charge in [-0.05, 0) is 83.7 Å². The average Bonchev–Trinajstić information content (AvgIpc) is 2.94. The standard InChI is InChI=1S/C38H44O7/c1-9-11-20(5)23-13-12-22(10-2)25(16-23)24-14-15-27(40)29-26(24)17-36(7)18-37(8)30(19(3)4)32(41)28(21(6)39)34(43)38(37,45)35(44)31(36)33(29)42/h9,12-16,19-20,28,30-31,40,45H,1,10-11,17-18H2,2-8H3/t20?,28?,30?,31?,36-,37-,38+/m1/s1. The summed E-state index contributed by atoms with van der Waals surface area (Å²) >= 11 is 0. The normalized spacial score (nSPS) is 31.7. The Bertz CT molecular complexity index is 1670. The summed E-state index contributed by atoms with van der Waals surface area (Å²) in [4.78, 5) is 69.2. The molecule has 5 rings (SSSR count). The molecule has 7 heteroatoms. The van der Waals surface area contributed by atoms with Crippen molar-refractivity contribution in [3.05, 3.63) is 65.2 Å². The highest BCUT2D eigenvalue weighted by Gasteiger charge is 2.76. The first-order valence-corrected chi connectivity index (χ1v) is 16.0. The number of phenolic OH excluding ortho intramolecular Hbond substituents is 1. The van der Waals surface area contributed by atoms with Crippen LogP contribution in [0, 0.1) is 34.5 Å². The minimum absolute atomic E-state index is 0.0185. The van der Waals surface area contributed by atoms with E-state index in [-0.39, 0.29) is 30.1 Å². The Morgan fingerprint density at radius 2 is 1.71 bits per heavy atom. The number of benzene rings is 2. The molecular formula is C38H44O7. The molecule has 0 radical (unpaired) electrons. The van der Waals surface area contributed by atoms with Gasteiger partial charge in [0.2, 0.25) is 0 Å².